The van der Waals surface area contributed by atoms with Crippen LogP contribution in [-0.2, 0) is 5.41 Å². The average Bonchev–Trinajstić information content (AvgIpc) is 3.02. The Balaban J connectivity index is 1.84. The summed E-state index contributed by atoms with van der Waals surface area (Å²) in [7, 11) is 0. The van der Waals surface area contributed by atoms with E-state index in [1.165, 1.54) is 0 Å². The number of benzene rings is 2. The summed E-state index contributed by atoms with van der Waals surface area (Å²) in [6.07, 6.45) is 0. The lowest BCUT2D eigenvalue weighted by molar-refractivity contribution is 0.102. The van der Waals surface area contributed by atoms with E-state index in [9.17, 15) is 14.7 Å². The largest absolute Gasteiger partial charge is 0.506 e. The van der Waals surface area contributed by atoms with Gasteiger partial charge in [-0.2, -0.15) is 0 Å². The van der Waals surface area contributed by atoms with E-state index in [4.69, 9.17) is 0 Å². The minimum absolute atomic E-state index is 0.0152. The number of phenols is 1. The number of urea groups is 1. The summed E-state index contributed by atoms with van der Waals surface area (Å²) in [6, 6.07) is 11.9. The number of hydrogen-bond donors (Lipinski definition) is 3. The summed E-state index contributed by atoms with van der Waals surface area (Å²) in [5, 5.41) is 15.6. The normalized spacial score (nSPS) is 14.3. The zero-order chi connectivity index (χ0) is 18.9. The fourth-order valence-electron chi connectivity index (χ4n) is 2.83. The predicted molar refractivity (Wildman–Crippen MR) is 102 cm³/mol. The number of rotatable bonds is 3. The highest BCUT2D eigenvalue weighted by molar-refractivity contribution is 6.06. The Kier molecular flexibility index (Phi) is 4.59. The maximum atomic E-state index is 12.6. The van der Waals surface area contributed by atoms with E-state index in [-0.39, 0.29) is 23.1 Å². The number of nitrogens with zero attached hydrogens (tertiary/aromatic N) is 1. The summed E-state index contributed by atoms with van der Waals surface area (Å²) in [6.45, 7) is 7.35. The highest BCUT2D eigenvalue weighted by atomic mass is 16.3. The first-order valence-electron chi connectivity index (χ1n) is 8.56. The molecule has 0 atom stereocenters. The van der Waals surface area contributed by atoms with Crippen LogP contribution in [0.4, 0.5) is 16.2 Å². The van der Waals surface area contributed by atoms with Gasteiger partial charge in [0.25, 0.3) is 5.91 Å². The fourth-order valence-corrected chi connectivity index (χ4v) is 2.83. The third kappa shape index (κ3) is 3.64. The van der Waals surface area contributed by atoms with Gasteiger partial charge in [-0.3, -0.25) is 9.69 Å². The van der Waals surface area contributed by atoms with Gasteiger partial charge in [0.15, 0.2) is 0 Å². The Labute approximate surface area is 152 Å². The van der Waals surface area contributed by atoms with Crippen LogP contribution in [0.2, 0.25) is 0 Å². The van der Waals surface area contributed by atoms with Crippen LogP contribution in [0, 0.1) is 0 Å². The monoisotopic (exact) mass is 353 g/mol. The SMILES string of the molecule is CC(C)(C)c1ccc(O)c(NC(=O)c2cccc(N3CCNC3=O)c2)c1. The standard InChI is InChI=1S/C20H23N3O3/c1-20(2,3)14-7-8-17(24)16(12-14)22-18(25)13-5-4-6-15(11-13)23-10-9-21-19(23)26/h4-8,11-12,24H,9-10H2,1-3H3,(H,21,26)(H,22,25). The van der Waals surface area contributed by atoms with Gasteiger partial charge in [-0.15, -0.1) is 0 Å². The molecule has 1 saturated heterocycles. The van der Waals surface area contributed by atoms with E-state index in [1.54, 1.807) is 41.3 Å². The van der Waals surface area contributed by atoms with E-state index >= 15 is 0 Å². The predicted octanol–water partition coefficient (Wildman–Crippen LogP) is 3.47. The third-order valence-corrected chi connectivity index (χ3v) is 4.39. The van der Waals surface area contributed by atoms with Crippen LogP contribution in [0.5, 0.6) is 5.75 Å². The van der Waals surface area contributed by atoms with Crippen molar-refractivity contribution in [1.82, 2.24) is 5.32 Å². The van der Waals surface area contributed by atoms with Gasteiger partial charge in [-0.1, -0.05) is 32.9 Å². The number of amides is 3. The van der Waals surface area contributed by atoms with E-state index < -0.39 is 0 Å². The van der Waals surface area contributed by atoms with Crippen molar-refractivity contribution in [3.05, 3.63) is 53.6 Å². The van der Waals surface area contributed by atoms with E-state index in [2.05, 4.69) is 31.4 Å². The van der Waals surface area contributed by atoms with Gasteiger partial charge in [0.05, 0.1) is 5.69 Å². The molecule has 2 aromatic carbocycles. The molecule has 0 radical (unpaired) electrons. The number of anilines is 2. The molecular formula is C20H23N3O3. The molecule has 3 amide bonds. The van der Waals surface area contributed by atoms with Gasteiger partial charge in [-0.05, 0) is 41.3 Å². The first kappa shape index (κ1) is 17.8. The second-order valence-corrected chi connectivity index (χ2v) is 7.37. The first-order valence-corrected chi connectivity index (χ1v) is 8.56. The summed E-state index contributed by atoms with van der Waals surface area (Å²) >= 11 is 0. The lowest BCUT2D eigenvalue weighted by Gasteiger charge is -2.20. The number of phenolic OH excluding ortho intramolecular Hbond substituents is 1. The zero-order valence-electron chi connectivity index (χ0n) is 15.2. The lowest BCUT2D eigenvalue weighted by atomic mass is 9.87. The summed E-state index contributed by atoms with van der Waals surface area (Å²) in [5.74, 6) is -0.325. The molecule has 0 bridgehead atoms. The second kappa shape index (κ2) is 6.71. The molecule has 136 valence electrons. The van der Waals surface area contributed by atoms with Crippen LogP contribution in [0.1, 0.15) is 36.7 Å². The molecule has 26 heavy (non-hydrogen) atoms. The molecule has 6 nitrogen and oxygen atoms in total. The Morgan fingerprint density at radius 3 is 2.62 bits per heavy atom. The van der Waals surface area contributed by atoms with E-state index in [1.807, 2.05) is 6.07 Å². The molecule has 2 aromatic rings. The molecule has 1 fully saturated rings. The number of nitrogens with one attached hydrogen (secondary N) is 2. The zero-order valence-corrected chi connectivity index (χ0v) is 15.2. The fraction of sp³-hybridized carbons (Fsp3) is 0.300. The second-order valence-electron chi connectivity index (χ2n) is 7.37. The summed E-state index contributed by atoms with van der Waals surface area (Å²) in [5.41, 5.74) is 2.36. The molecule has 1 aliphatic rings. The van der Waals surface area contributed by atoms with Crippen LogP contribution in [0.15, 0.2) is 42.5 Å². The molecule has 6 heteroatoms. The van der Waals surface area contributed by atoms with Crippen LogP contribution in [-0.4, -0.2) is 30.1 Å². The molecule has 1 aliphatic heterocycles. The van der Waals surface area contributed by atoms with Crippen molar-refractivity contribution in [2.24, 2.45) is 0 Å². The number of carbonyl (C=O) groups is 2. The van der Waals surface area contributed by atoms with Gasteiger partial charge in [0.2, 0.25) is 0 Å². The molecule has 0 aliphatic carbocycles. The smallest absolute Gasteiger partial charge is 0.321 e. The van der Waals surface area contributed by atoms with Crippen LogP contribution < -0.4 is 15.5 Å². The van der Waals surface area contributed by atoms with Gasteiger partial charge in [0, 0.05) is 24.3 Å². The number of carbonyl (C=O) groups excluding carboxylic acids is 2. The molecular weight excluding hydrogens is 330 g/mol. The molecule has 0 unspecified atom stereocenters. The van der Waals surface area contributed by atoms with Crippen molar-refractivity contribution in [1.29, 1.82) is 0 Å². The Morgan fingerprint density at radius 2 is 1.96 bits per heavy atom. The molecule has 3 N–H and O–H groups in total. The van der Waals surface area contributed by atoms with Gasteiger partial charge >= 0.3 is 6.03 Å². The van der Waals surface area contributed by atoms with Crippen LogP contribution in [0.3, 0.4) is 0 Å². The molecule has 1 heterocycles. The van der Waals surface area contributed by atoms with Gasteiger partial charge < -0.3 is 15.7 Å². The number of hydrogen-bond acceptors (Lipinski definition) is 3. The topological polar surface area (TPSA) is 81.7 Å². The maximum Gasteiger partial charge on any atom is 0.321 e. The Bertz CT molecular complexity index is 856. The number of aromatic hydroxyl groups is 1. The average molecular weight is 353 g/mol. The first-order chi connectivity index (χ1) is 12.3. The molecule has 0 aromatic heterocycles. The molecule has 0 spiro atoms. The van der Waals surface area contributed by atoms with Crippen molar-refractivity contribution < 1.29 is 14.7 Å². The van der Waals surface area contributed by atoms with Gasteiger partial charge in [-0.25, -0.2) is 4.79 Å². The highest BCUT2D eigenvalue weighted by Crippen LogP contribution is 2.31. The van der Waals surface area contributed by atoms with Crippen molar-refractivity contribution in [2.75, 3.05) is 23.3 Å². The third-order valence-electron chi connectivity index (χ3n) is 4.39. The van der Waals surface area contributed by atoms with Gasteiger partial charge in [0.1, 0.15) is 5.75 Å². The van der Waals surface area contributed by atoms with Crippen molar-refractivity contribution in [3.8, 4) is 5.75 Å². The van der Waals surface area contributed by atoms with Crippen molar-refractivity contribution in [2.45, 2.75) is 26.2 Å². The van der Waals surface area contributed by atoms with E-state index in [0.29, 0.717) is 30.0 Å². The highest BCUT2D eigenvalue weighted by Gasteiger charge is 2.22. The quantitative estimate of drug-likeness (QED) is 0.739. The molecule has 3 rings (SSSR count). The molecule has 0 saturated carbocycles. The van der Waals surface area contributed by atoms with Crippen LogP contribution in [0.25, 0.3) is 0 Å². The maximum absolute atomic E-state index is 12.6. The Hall–Kier alpha value is -3.02. The summed E-state index contributed by atoms with van der Waals surface area (Å²) < 4.78 is 0. The Morgan fingerprint density at radius 1 is 1.19 bits per heavy atom. The van der Waals surface area contributed by atoms with Crippen LogP contribution >= 0.6 is 0 Å². The minimum atomic E-state index is -0.340. The van der Waals surface area contributed by atoms with Crippen molar-refractivity contribution in [3.63, 3.8) is 0 Å². The minimum Gasteiger partial charge on any atom is -0.506 e. The van der Waals surface area contributed by atoms with Crippen molar-refractivity contribution >= 4 is 23.3 Å². The summed E-state index contributed by atoms with van der Waals surface area (Å²) in [4.78, 5) is 26.0. The van der Waals surface area contributed by atoms with E-state index in [0.717, 1.165) is 5.56 Å². The lowest BCUT2D eigenvalue weighted by Crippen LogP contribution is -2.27.